The molecule has 2 aliphatic carbocycles. The Labute approximate surface area is 491 Å². The average molecular weight is 1160 g/mol. The Bertz CT molecular complexity index is 3010. The Morgan fingerprint density at radius 2 is 1.13 bits per heavy atom. The molecule has 0 atom stereocenters. The van der Waals surface area contributed by atoms with E-state index in [9.17, 15) is 19.2 Å². The van der Waals surface area contributed by atoms with E-state index in [1.807, 2.05) is 71.9 Å². The summed E-state index contributed by atoms with van der Waals surface area (Å²) < 4.78 is 25.1. The van der Waals surface area contributed by atoms with Gasteiger partial charge in [0.05, 0.1) is 56.3 Å². The van der Waals surface area contributed by atoms with Crippen LogP contribution in [0.5, 0.6) is 11.8 Å². The van der Waals surface area contributed by atoms with Crippen LogP contribution >= 0.6 is 0 Å². The number of nitrogens with two attached hydrogens (primary N) is 1. The Morgan fingerprint density at radius 3 is 1.51 bits per heavy atom. The van der Waals surface area contributed by atoms with Crippen molar-refractivity contribution in [2.75, 3.05) is 85.8 Å². The minimum absolute atomic E-state index is 0. The quantitative estimate of drug-likeness (QED) is 0.0335. The summed E-state index contributed by atoms with van der Waals surface area (Å²) in [6.07, 6.45) is 18.4. The molecule has 2 saturated carbocycles. The number of nitrogen functional groups attached to an aromatic ring is 1. The van der Waals surface area contributed by atoms with Crippen LogP contribution in [0.4, 0.5) is 39.7 Å². The van der Waals surface area contributed by atoms with Gasteiger partial charge in [-0.2, -0.15) is 0 Å². The highest BCUT2D eigenvalue weighted by Gasteiger charge is 2.38. The molecule has 4 aliphatic rings. The second-order valence-electron chi connectivity index (χ2n) is 22.7. The van der Waals surface area contributed by atoms with Crippen LogP contribution < -0.4 is 47.1 Å². The number of fused-ring (bicyclic) bond motifs is 2. The molecule has 8 N–H and O–H groups in total. The fraction of sp³-hybridized carbons (Fsp3) is 0.525. The first-order valence-corrected chi connectivity index (χ1v) is 28.1. The first kappa shape index (κ1) is 64.7. The number of likely N-dealkylation sites (tertiary alicyclic amines) is 1. The van der Waals surface area contributed by atoms with Crippen LogP contribution in [0, 0.1) is 17.8 Å². The van der Waals surface area contributed by atoms with Crippen LogP contribution in [0.3, 0.4) is 0 Å². The van der Waals surface area contributed by atoms with Gasteiger partial charge in [-0.3, -0.25) is 14.4 Å². The van der Waals surface area contributed by atoms with Crippen molar-refractivity contribution in [2.45, 2.75) is 130 Å². The van der Waals surface area contributed by atoms with Gasteiger partial charge in [0, 0.05) is 74.5 Å². The Morgan fingerprint density at radius 1 is 0.655 bits per heavy atom. The molecular formula is C59H84N16O9. The molecule has 2 aliphatic heterocycles. The van der Waals surface area contributed by atoms with E-state index < -0.39 is 11.7 Å². The van der Waals surface area contributed by atoms with Crippen molar-refractivity contribution in [3.8, 4) is 11.8 Å². The second kappa shape index (κ2) is 31.3. The summed E-state index contributed by atoms with van der Waals surface area (Å²) in [5, 5.41) is 21.6. The van der Waals surface area contributed by atoms with Crippen LogP contribution in [-0.4, -0.2) is 153 Å². The van der Waals surface area contributed by atoms with Crippen molar-refractivity contribution in [2.24, 2.45) is 17.8 Å². The number of nitrogens with one attached hydrogen (secondary N) is 6. The summed E-state index contributed by atoms with van der Waals surface area (Å²) in [7, 11) is 3.23. The number of carbonyl (C=O) groups excluding carboxylic acids is 4. The predicted molar refractivity (Wildman–Crippen MR) is 324 cm³/mol. The van der Waals surface area contributed by atoms with E-state index in [1.54, 1.807) is 51.4 Å². The van der Waals surface area contributed by atoms with Crippen molar-refractivity contribution >= 4 is 81.7 Å². The third kappa shape index (κ3) is 20.4. The van der Waals surface area contributed by atoms with Gasteiger partial charge in [-0.25, -0.2) is 44.7 Å². The van der Waals surface area contributed by atoms with E-state index in [1.165, 1.54) is 4.90 Å². The maximum absolute atomic E-state index is 12.5. The molecule has 0 radical (unpaired) electrons. The monoisotopic (exact) mass is 1160 g/mol. The van der Waals surface area contributed by atoms with Crippen LogP contribution in [0.2, 0.25) is 0 Å². The first-order chi connectivity index (χ1) is 39.9. The standard InChI is InChI=1S/C29H38N8O4.C20H25N7O.C5H10O2.C4H7NO2.CH4/c1-29(2,3)41-28(39)37-16-20(17-37)25(38)35-22-14-32-27(33-15-22)31-13-18-5-8-21(9-6-18)34-23-10-7-19-11-12-30-26(40-4)24(19)36-23;1-28-19-18-14(8-9-22-19)4-7-17(27-18)26-16-5-2-13(3-6-16)10-23-20-24-11-15(21)12-25-20;1-5(2,3)7-4-6;6-3-7-4-1-5-2-4;/h7,10-12,14-15,18,20-21H,5-6,8-9,13,16-17H2,1-4H3,(H,34,36)(H,35,38)(H,31,32,33);4,7-9,11-13,16H,2-3,5-6,10,21H2,1H3,(H,26,27)(H,23,24,25);4H,1-3H3;3-5H,1-2H2;1H4. The van der Waals surface area contributed by atoms with Crippen LogP contribution in [0.25, 0.3) is 21.8 Å². The van der Waals surface area contributed by atoms with Crippen LogP contribution in [0.1, 0.15) is 100 Å². The molecule has 4 fully saturated rings. The van der Waals surface area contributed by atoms with Gasteiger partial charge < -0.3 is 66.2 Å². The van der Waals surface area contributed by atoms with Gasteiger partial charge in [0.15, 0.2) is 0 Å². The van der Waals surface area contributed by atoms with Crippen LogP contribution in [0.15, 0.2) is 73.6 Å². The molecule has 6 aromatic rings. The summed E-state index contributed by atoms with van der Waals surface area (Å²) in [6.45, 7) is 15.8. The molecule has 10 rings (SSSR count). The fourth-order valence-corrected chi connectivity index (χ4v) is 9.27. The Balaban J connectivity index is 0.000000225. The van der Waals surface area contributed by atoms with Crippen molar-refractivity contribution in [3.05, 3.63) is 73.6 Å². The number of amides is 2. The van der Waals surface area contributed by atoms with Crippen molar-refractivity contribution in [1.29, 1.82) is 0 Å². The predicted octanol–water partition coefficient (Wildman–Crippen LogP) is 8.14. The second-order valence-corrected chi connectivity index (χ2v) is 22.7. The molecule has 454 valence electrons. The van der Waals surface area contributed by atoms with E-state index >= 15 is 0 Å². The zero-order chi connectivity index (χ0) is 59.4. The largest absolute Gasteiger partial charge is 0.479 e. The molecule has 84 heavy (non-hydrogen) atoms. The van der Waals surface area contributed by atoms with Crippen molar-refractivity contribution in [3.63, 3.8) is 0 Å². The summed E-state index contributed by atoms with van der Waals surface area (Å²) in [5.41, 5.74) is 7.39. The van der Waals surface area contributed by atoms with E-state index in [0.717, 1.165) is 111 Å². The number of anilines is 6. The molecule has 2 saturated heterocycles. The number of carbonyl (C=O) groups is 4. The molecular weight excluding hydrogens is 1080 g/mol. The van der Waals surface area contributed by atoms with E-state index in [4.69, 9.17) is 29.9 Å². The average Bonchev–Trinajstić information content (AvgIpc) is 2.98. The molecule has 2 amide bonds. The smallest absolute Gasteiger partial charge is 0.410 e. The minimum atomic E-state index is -0.557. The molecule has 0 spiro atoms. The maximum Gasteiger partial charge on any atom is 0.410 e. The summed E-state index contributed by atoms with van der Waals surface area (Å²) in [4.78, 5) is 80.3. The molecule has 0 bridgehead atoms. The lowest BCUT2D eigenvalue weighted by Crippen LogP contribution is -2.55. The highest BCUT2D eigenvalue weighted by molar-refractivity contribution is 5.94. The van der Waals surface area contributed by atoms with Gasteiger partial charge in [-0.1, -0.05) is 7.43 Å². The lowest BCUT2D eigenvalue weighted by molar-refractivity contribution is -0.139. The van der Waals surface area contributed by atoms with E-state index in [2.05, 4.69) is 77.3 Å². The number of hydrogen-bond acceptors (Lipinski definition) is 23. The maximum atomic E-state index is 12.5. The lowest BCUT2D eigenvalue weighted by Gasteiger charge is -2.38. The molecule has 0 aromatic carbocycles. The number of ether oxygens (including phenoxy) is 5. The third-order valence-electron chi connectivity index (χ3n) is 13.9. The zero-order valence-corrected chi connectivity index (χ0v) is 48.7. The van der Waals surface area contributed by atoms with E-state index in [0.29, 0.717) is 85.0 Å². The van der Waals surface area contributed by atoms with Gasteiger partial charge in [-0.05, 0) is 141 Å². The van der Waals surface area contributed by atoms with Crippen molar-refractivity contribution in [1.82, 2.24) is 50.1 Å². The molecule has 8 heterocycles. The summed E-state index contributed by atoms with van der Waals surface area (Å²) >= 11 is 0. The molecule has 0 unspecified atom stereocenters. The SMILES string of the molecule is C.CC(C)(C)OC=O.COc1nccc2ccc(NC3CCC(CNc4ncc(N)cn4)CC3)nc12.COc1nccc2ccc(NC3CCC(CNc4ncc(NC(=O)C5CN(C(=O)OC(C)(C)C)C5)cn4)CC3)nc12.O=COC1CNC1. The number of aromatic nitrogens is 8. The molecule has 25 heteroatoms. The topological polar surface area (TPSA) is 319 Å². The third-order valence-corrected chi connectivity index (χ3v) is 13.9. The Kier molecular flexibility index (Phi) is 24.1. The Hall–Kier alpha value is -8.48. The van der Waals surface area contributed by atoms with Gasteiger partial charge >= 0.3 is 6.09 Å². The molecule has 6 aromatic heterocycles. The first-order valence-electron chi connectivity index (χ1n) is 28.1. The summed E-state index contributed by atoms with van der Waals surface area (Å²) in [6, 6.07) is 12.8. The van der Waals surface area contributed by atoms with Gasteiger partial charge in [0.1, 0.15) is 40.0 Å². The van der Waals surface area contributed by atoms with Gasteiger partial charge in [-0.15, -0.1) is 0 Å². The number of pyridine rings is 4. The fourth-order valence-electron chi connectivity index (χ4n) is 9.27. The molecule has 25 nitrogen and oxygen atoms in total. The number of nitrogens with zero attached hydrogens (tertiary/aromatic N) is 9. The highest BCUT2D eigenvalue weighted by atomic mass is 16.6. The zero-order valence-electron chi connectivity index (χ0n) is 48.7. The lowest BCUT2D eigenvalue weighted by atomic mass is 9.86. The highest BCUT2D eigenvalue weighted by Crippen LogP contribution is 2.31. The normalized spacial score (nSPS) is 18.5. The number of methoxy groups -OCH3 is 2. The van der Waals surface area contributed by atoms with Gasteiger partial charge in [0.25, 0.3) is 12.9 Å². The van der Waals surface area contributed by atoms with Crippen LogP contribution in [-0.2, 0) is 28.6 Å². The number of hydrogen-bond donors (Lipinski definition) is 7. The van der Waals surface area contributed by atoms with E-state index in [-0.39, 0.29) is 31.0 Å². The number of rotatable bonds is 17. The summed E-state index contributed by atoms with van der Waals surface area (Å²) in [5.74, 6) is 4.67. The minimum Gasteiger partial charge on any atom is -0.479 e. The van der Waals surface area contributed by atoms with Gasteiger partial charge in [0.2, 0.25) is 29.6 Å². The van der Waals surface area contributed by atoms with Crippen molar-refractivity contribution < 1.29 is 42.9 Å².